The fourth-order valence-corrected chi connectivity index (χ4v) is 2.29. The van der Waals surface area contributed by atoms with E-state index in [-0.39, 0.29) is 0 Å². The summed E-state index contributed by atoms with van der Waals surface area (Å²) in [6.07, 6.45) is 12.3. The fraction of sp³-hybridized carbons (Fsp3) is 0.583. The summed E-state index contributed by atoms with van der Waals surface area (Å²) >= 11 is 5.35. The molecule has 0 aromatic heterocycles. The zero-order valence-electron chi connectivity index (χ0n) is 8.49. The van der Waals surface area contributed by atoms with Crippen molar-refractivity contribution in [2.75, 3.05) is 0 Å². The topological polar surface area (TPSA) is 0 Å². The predicted octanol–water partition coefficient (Wildman–Crippen LogP) is 3.92. The lowest BCUT2D eigenvalue weighted by molar-refractivity contribution is 0.422. The Morgan fingerprint density at radius 1 is 1.38 bits per heavy atom. The van der Waals surface area contributed by atoms with E-state index in [9.17, 15) is 0 Å². The highest BCUT2D eigenvalue weighted by Crippen LogP contribution is 2.26. The Morgan fingerprint density at radius 3 is 2.69 bits per heavy atom. The van der Waals surface area contributed by atoms with Crippen molar-refractivity contribution in [3.63, 3.8) is 0 Å². The van der Waals surface area contributed by atoms with E-state index in [0.717, 1.165) is 10.8 Å². The van der Waals surface area contributed by atoms with Crippen LogP contribution in [0, 0.1) is 11.8 Å². The first kappa shape index (κ1) is 10.6. The van der Waals surface area contributed by atoms with Gasteiger partial charge in [0, 0.05) is 10.8 Å². The van der Waals surface area contributed by atoms with Gasteiger partial charge in [0.1, 0.15) is 0 Å². The highest BCUT2D eigenvalue weighted by molar-refractivity contribution is 7.80. The first-order chi connectivity index (χ1) is 6.29. The van der Waals surface area contributed by atoms with E-state index in [0.29, 0.717) is 5.92 Å². The quantitative estimate of drug-likeness (QED) is 0.611. The SMILES string of the molecule is CCCC(CC)C1C=CC=CC1=S. The molecule has 1 rings (SSSR count). The first-order valence-corrected chi connectivity index (χ1v) is 5.59. The van der Waals surface area contributed by atoms with Gasteiger partial charge in [0.25, 0.3) is 0 Å². The van der Waals surface area contributed by atoms with Crippen LogP contribution in [0.4, 0.5) is 0 Å². The Balaban J connectivity index is 2.62. The molecule has 0 N–H and O–H groups in total. The lowest BCUT2D eigenvalue weighted by Crippen LogP contribution is -2.20. The molecule has 0 fully saturated rings. The maximum atomic E-state index is 5.35. The number of thiocarbonyl (C=S) groups is 1. The van der Waals surface area contributed by atoms with Gasteiger partial charge in [0.15, 0.2) is 0 Å². The molecular weight excluding hydrogens is 176 g/mol. The minimum absolute atomic E-state index is 0.518. The van der Waals surface area contributed by atoms with Crippen LogP contribution in [0.2, 0.25) is 0 Å². The molecule has 72 valence electrons. The molecular formula is C12H18S. The average Bonchev–Trinajstić information content (AvgIpc) is 2.16. The van der Waals surface area contributed by atoms with Crippen molar-refractivity contribution in [3.8, 4) is 0 Å². The molecule has 0 saturated carbocycles. The van der Waals surface area contributed by atoms with E-state index >= 15 is 0 Å². The molecule has 1 aliphatic carbocycles. The minimum Gasteiger partial charge on any atom is -0.0843 e. The second-order valence-corrected chi connectivity index (χ2v) is 4.10. The average molecular weight is 194 g/mol. The van der Waals surface area contributed by atoms with E-state index in [4.69, 9.17) is 12.2 Å². The molecule has 13 heavy (non-hydrogen) atoms. The Kier molecular flexibility index (Phi) is 4.37. The summed E-state index contributed by atoms with van der Waals surface area (Å²) in [6.45, 7) is 4.50. The Bertz CT molecular complexity index is 225. The molecule has 1 aliphatic rings. The molecule has 0 spiro atoms. The third-order valence-electron chi connectivity index (χ3n) is 2.71. The van der Waals surface area contributed by atoms with Crippen LogP contribution >= 0.6 is 12.2 Å². The van der Waals surface area contributed by atoms with E-state index in [1.165, 1.54) is 19.3 Å². The molecule has 0 radical (unpaired) electrons. The summed E-state index contributed by atoms with van der Waals surface area (Å²) in [6, 6.07) is 0. The summed E-state index contributed by atoms with van der Waals surface area (Å²) < 4.78 is 0. The lowest BCUT2D eigenvalue weighted by Gasteiger charge is -2.24. The first-order valence-electron chi connectivity index (χ1n) is 5.18. The summed E-state index contributed by atoms with van der Waals surface area (Å²) in [7, 11) is 0. The number of rotatable bonds is 4. The van der Waals surface area contributed by atoms with E-state index < -0.39 is 0 Å². The van der Waals surface area contributed by atoms with Gasteiger partial charge in [-0.25, -0.2) is 0 Å². The van der Waals surface area contributed by atoms with Gasteiger partial charge in [-0.05, 0) is 18.4 Å². The largest absolute Gasteiger partial charge is 0.0843 e. The fourth-order valence-electron chi connectivity index (χ4n) is 1.94. The second-order valence-electron chi connectivity index (χ2n) is 3.63. The van der Waals surface area contributed by atoms with E-state index in [1.54, 1.807) is 0 Å². The second kappa shape index (κ2) is 5.33. The predicted molar refractivity (Wildman–Crippen MR) is 63.1 cm³/mol. The van der Waals surface area contributed by atoms with Gasteiger partial charge in [-0.1, -0.05) is 57.1 Å². The van der Waals surface area contributed by atoms with E-state index in [2.05, 4.69) is 32.1 Å². The number of hydrogen-bond acceptors (Lipinski definition) is 1. The standard InChI is InChI=1S/C12H18S/c1-3-7-10(4-2)11-8-5-6-9-12(11)13/h5-6,8-11H,3-4,7H2,1-2H3. The highest BCUT2D eigenvalue weighted by Gasteiger charge is 2.20. The van der Waals surface area contributed by atoms with Gasteiger partial charge in [0.2, 0.25) is 0 Å². The van der Waals surface area contributed by atoms with Gasteiger partial charge in [-0.15, -0.1) is 0 Å². The van der Waals surface area contributed by atoms with Crippen LogP contribution in [0.1, 0.15) is 33.1 Å². The number of allylic oxidation sites excluding steroid dienone is 4. The number of hydrogen-bond donors (Lipinski definition) is 0. The van der Waals surface area contributed by atoms with Crippen molar-refractivity contribution in [1.29, 1.82) is 0 Å². The van der Waals surface area contributed by atoms with Crippen molar-refractivity contribution < 1.29 is 0 Å². The molecule has 0 aliphatic heterocycles. The van der Waals surface area contributed by atoms with Crippen molar-refractivity contribution >= 4 is 17.1 Å². The maximum Gasteiger partial charge on any atom is 0.0223 e. The summed E-state index contributed by atoms with van der Waals surface area (Å²) in [5, 5.41) is 0. The van der Waals surface area contributed by atoms with Crippen LogP contribution in [0.25, 0.3) is 0 Å². The molecule has 0 nitrogen and oxygen atoms in total. The summed E-state index contributed by atoms with van der Waals surface area (Å²) in [5.74, 6) is 1.27. The smallest absolute Gasteiger partial charge is 0.0223 e. The van der Waals surface area contributed by atoms with Crippen molar-refractivity contribution in [1.82, 2.24) is 0 Å². The molecule has 0 saturated heterocycles. The highest BCUT2D eigenvalue weighted by atomic mass is 32.1. The maximum absolute atomic E-state index is 5.35. The normalized spacial score (nSPS) is 23.5. The lowest BCUT2D eigenvalue weighted by atomic mass is 9.82. The van der Waals surface area contributed by atoms with E-state index in [1.807, 2.05) is 6.08 Å². The van der Waals surface area contributed by atoms with Crippen molar-refractivity contribution in [2.24, 2.45) is 11.8 Å². The molecule has 1 heteroatoms. The Morgan fingerprint density at radius 2 is 2.15 bits per heavy atom. The molecule has 0 amide bonds. The third kappa shape index (κ3) is 2.77. The van der Waals surface area contributed by atoms with Crippen LogP contribution in [-0.2, 0) is 0 Å². The van der Waals surface area contributed by atoms with Crippen LogP contribution in [0.3, 0.4) is 0 Å². The third-order valence-corrected chi connectivity index (χ3v) is 3.12. The van der Waals surface area contributed by atoms with Gasteiger partial charge >= 0.3 is 0 Å². The Hall–Kier alpha value is -0.430. The summed E-state index contributed by atoms with van der Waals surface area (Å²) in [5.41, 5.74) is 0. The molecule has 0 bridgehead atoms. The van der Waals surface area contributed by atoms with Gasteiger partial charge in [-0.3, -0.25) is 0 Å². The zero-order valence-corrected chi connectivity index (χ0v) is 9.31. The summed E-state index contributed by atoms with van der Waals surface area (Å²) in [4.78, 5) is 1.11. The van der Waals surface area contributed by atoms with Crippen molar-refractivity contribution in [3.05, 3.63) is 24.3 Å². The van der Waals surface area contributed by atoms with Gasteiger partial charge < -0.3 is 0 Å². The van der Waals surface area contributed by atoms with Crippen LogP contribution in [0.5, 0.6) is 0 Å². The van der Waals surface area contributed by atoms with Crippen LogP contribution in [0.15, 0.2) is 24.3 Å². The molecule has 2 atom stereocenters. The van der Waals surface area contributed by atoms with Crippen molar-refractivity contribution in [2.45, 2.75) is 33.1 Å². The minimum atomic E-state index is 0.518. The molecule has 2 unspecified atom stereocenters. The van der Waals surface area contributed by atoms with Crippen LogP contribution in [-0.4, -0.2) is 4.86 Å². The zero-order chi connectivity index (χ0) is 9.68. The van der Waals surface area contributed by atoms with Crippen LogP contribution < -0.4 is 0 Å². The monoisotopic (exact) mass is 194 g/mol. The Labute approximate surface area is 86.7 Å². The molecule has 0 aromatic carbocycles. The van der Waals surface area contributed by atoms with Gasteiger partial charge in [-0.2, -0.15) is 0 Å². The van der Waals surface area contributed by atoms with Gasteiger partial charge in [0.05, 0.1) is 0 Å². The molecule has 0 heterocycles. The molecule has 0 aromatic rings.